The van der Waals surface area contributed by atoms with E-state index in [1.807, 2.05) is 4.90 Å². The monoisotopic (exact) mass is 234 g/mol. The molecule has 2 saturated heterocycles. The molecule has 0 aromatic heterocycles. The van der Waals surface area contributed by atoms with Crippen LogP contribution in [0.1, 0.15) is 6.92 Å². The van der Waals surface area contributed by atoms with Crippen LogP contribution in [0.3, 0.4) is 0 Å². The smallest absolute Gasteiger partial charge is 0.154 e. The second kappa shape index (κ2) is 3.69. The van der Waals surface area contributed by atoms with E-state index < -0.39 is 15.9 Å². The van der Waals surface area contributed by atoms with Gasteiger partial charge in [-0.25, -0.2) is 8.42 Å². The van der Waals surface area contributed by atoms with Gasteiger partial charge in [-0.3, -0.25) is 4.90 Å². The molecular formula is C9H18N2O3S. The predicted octanol–water partition coefficient (Wildman–Crippen LogP) is -1.58. The quantitative estimate of drug-likeness (QED) is 0.572. The van der Waals surface area contributed by atoms with Gasteiger partial charge in [0, 0.05) is 19.1 Å². The molecule has 4 unspecified atom stereocenters. The van der Waals surface area contributed by atoms with Crippen LogP contribution in [0.5, 0.6) is 0 Å². The molecule has 2 aliphatic rings. The van der Waals surface area contributed by atoms with Crippen LogP contribution in [0.25, 0.3) is 0 Å². The maximum Gasteiger partial charge on any atom is 0.154 e. The molecule has 0 aliphatic carbocycles. The summed E-state index contributed by atoms with van der Waals surface area (Å²) in [6.45, 7) is 3.54. The third-order valence-electron chi connectivity index (χ3n) is 3.46. The van der Waals surface area contributed by atoms with Crippen LogP contribution in [0.4, 0.5) is 0 Å². The van der Waals surface area contributed by atoms with Gasteiger partial charge in [0.2, 0.25) is 0 Å². The van der Waals surface area contributed by atoms with Crippen LogP contribution in [-0.4, -0.2) is 61.2 Å². The predicted molar refractivity (Wildman–Crippen MR) is 57.2 cm³/mol. The van der Waals surface area contributed by atoms with E-state index in [1.165, 1.54) is 0 Å². The Bertz CT molecular complexity index is 333. The van der Waals surface area contributed by atoms with E-state index in [9.17, 15) is 13.5 Å². The molecule has 6 heteroatoms. The zero-order chi connectivity index (χ0) is 11.2. The number of aliphatic hydroxyl groups excluding tert-OH is 1. The Kier molecular flexibility index (Phi) is 2.79. The highest BCUT2D eigenvalue weighted by Crippen LogP contribution is 2.24. The zero-order valence-corrected chi connectivity index (χ0v) is 9.65. The minimum absolute atomic E-state index is 0.0770. The summed E-state index contributed by atoms with van der Waals surface area (Å²) >= 11 is 0. The van der Waals surface area contributed by atoms with Gasteiger partial charge in [0.25, 0.3) is 0 Å². The van der Waals surface area contributed by atoms with E-state index in [1.54, 1.807) is 0 Å². The molecule has 3 N–H and O–H groups in total. The number of nitrogens with zero attached hydrogens (tertiary/aromatic N) is 1. The van der Waals surface area contributed by atoms with Gasteiger partial charge < -0.3 is 10.8 Å². The molecular weight excluding hydrogens is 216 g/mol. The third kappa shape index (κ3) is 2.18. The first-order chi connectivity index (χ1) is 6.89. The van der Waals surface area contributed by atoms with Crippen molar-refractivity contribution < 1.29 is 13.5 Å². The lowest BCUT2D eigenvalue weighted by atomic mass is 10.1. The van der Waals surface area contributed by atoms with E-state index in [0.29, 0.717) is 12.5 Å². The zero-order valence-electron chi connectivity index (χ0n) is 8.83. The number of sulfone groups is 1. The van der Waals surface area contributed by atoms with Crippen molar-refractivity contribution in [2.75, 3.05) is 24.6 Å². The highest BCUT2D eigenvalue weighted by atomic mass is 32.2. The molecule has 2 heterocycles. The Balaban J connectivity index is 2.07. The average molecular weight is 234 g/mol. The number of hydrogen-bond acceptors (Lipinski definition) is 5. The van der Waals surface area contributed by atoms with Crippen molar-refractivity contribution in [3.05, 3.63) is 0 Å². The van der Waals surface area contributed by atoms with Gasteiger partial charge in [0.05, 0.1) is 23.7 Å². The fourth-order valence-electron chi connectivity index (χ4n) is 2.46. The summed E-state index contributed by atoms with van der Waals surface area (Å²) < 4.78 is 22.7. The van der Waals surface area contributed by atoms with Gasteiger partial charge in [0.1, 0.15) is 0 Å². The first kappa shape index (κ1) is 11.3. The Labute approximate surface area is 90.2 Å². The lowest BCUT2D eigenvalue weighted by Gasteiger charge is -2.25. The fraction of sp³-hybridized carbons (Fsp3) is 1.00. The summed E-state index contributed by atoms with van der Waals surface area (Å²) in [6, 6.07) is -0.147. The number of aliphatic hydroxyl groups is 1. The topological polar surface area (TPSA) is 83.6 Å². The summed E-state index contributed by atoms with van der Waals surface area (Å²) in [5.41, 5.74) is 5.88. The first-order valence-electron chi connectivity index (χ1n) is 5.27. The maximum atomic E-state index is 11.4. The third-order valence-corrected chi connectivity index (χ3v) is 5.16. The number of rotatable bonds is 1. The van der Waals surface area contributed by atoms with Gasteiger partial charge in [-0.1, -0.05) is 6.92 Å². The van der Waals surface area contributed by atoms with E-state index >= 15 is 0 Å². The minimum atomic E-state index is -3.05. The Hall–Kier alpha value is -0.170. The number of nitrogens with two attached hydrogens (primary N) is 1. The highest BCUT2D eigenvalue weighted by molar-refractivity contribution is 7.91. The number of hydrogen-bond donors (Lipinski definition) is 2. The van der Waals surface area contributed by atoms with Gasteiger partial charge in [-0.15, -0.1) is 0 Å². The first-order valence-corrected chi connectivity index (χ1v) is 7.09. The molecule has 2 fully saturated rings. The summed E-state index contributed by atoms with van der Waals surface area (Å²) in [5.74, 6) is 0.353. The van der Waals surface area contributed by atoms with Crippen LogP contribution >= 0.6 is 0 Å². The Morgan fingerprint density at radius 3 is 2.40 bits per heavy atom. The summed E-state index contributed by atoms with van der Waals surface area (Å²) in [7, 11) is -3.05. The highest BCUT2D eigenvalue weighted by Gasteiger charge is 2.43. The SMILES string of the molecule is CC1CN(C2CS(=O)(=O)CC2O)CC1N. The van der Waals surface area contributed by atoms with Crippen LogP contribution < -0.4 is 5.73 Å². The second-order valence-electron chi connectivity index (χ2n) is 4.81. The molecule has 0 saturated carbocycles. The maximum absolute atomic E-state index is 11.4. The van der Waals surface area contributed by atoms with Crippen molar-refractivity contribution in [2.24, 2.45) is 11.7 Å². The fourth-order valence-corrected chi connectivity index (χ4v) is 4.29. The molecule has 88 valence electrons. The van der Waals surface area contributed by atoms with Crippen LogP contribution in [0, 0.1) is 5.92 Å². The molecule has 0 spiro atoms. The molecule has 0 aromatic carbocycles. The van der Waals surface area contributed by atoms with Gasteiger partial charge in [-0.05, 0) is 5.92 Å². The normalized spacial score (nSPS) is 46.1. The van der Waals surface area contributed by atoms with Crippen molar-refractivity contribution in [1.29, 1.82) is 0 Å². The number of likely N-dealkylation sites (tertiary alicyclic amines) is 1. The van der Waals surface area contributed by atoms with Crippen molar-refractivity contribution >= 4 is 9.84 Å². The molecule has 15 heavy (non-hydrogen) atoms. The molecule has 2 rings (SSSR count). The molecule has 5 nitrogen and oxygen atoms in total. The van der Waals surface area contributed by atoms with Crippen molar-refractivity contribution in [3.8, 4) is 0 Å². The molecule has 0 bridgehead atoms. The lowest BCUT2D eigenvalue weighted by molar-refractivity contribution is 0.0963. The van der Waals surface area contributed by atoms with E-state index in [0.717, 1.165) is 6.54 Å². The molecule has 0 radical (unpaired) electrons. The largest absolute Gasteiger partial charge is 0.390 e. The summed E-state index contributed by atoms with van der Waals surface area (Å²) in [4.78, 5) is 2.02. The standard InChI is InChI=1S/C9H18N2O3S/c1-6-2-11(3-7(6)10)8-4-15(13,14)5-9(8)12/h6-9,12H,2-5,10H2,1H3. The van der Waals surface area contributed by atoms with Crippen molar-refractivity contribution in [2.45, 2.75) is 25.1 Å². The molecule has 4 atom stereocenters. The second-order valence-corrected chi connectivity index (χ2v) is 6.96. The summed E-state index contributed by atoms with van der Waals surface area (Å²) in [5, 5.41) is 9.70. The Morgan fingerprint density at radius 1 is 1.33 bits per heavy atom. The molecule has 0 aromatic rings. The van der Waals surface area contributed by atoms with E-state index in [2.05, 4.69) is 6.92 Å². The van der Waals surface area contributed by atoms with Gasteiger partial charge >= 0.3 is 0 Å². The van der Waals surface area contributed by atoms with E-state index in [-0.39, 0.29) is 23.6 Å². The molecule has 2 aliphatic heterocycles. The van der Waals surface area contributed by atoms with Crippen LogP contribution in [0.2, 0.25) is 0 Å². The minimum Gasteiger partial charge on any atom is -0.390 e. The van der Waals surface area contributed by atoms with Crippen LogP contribution in [0.15, 0.2) is 0 Å². The summed E-state index contributed by atoms with van der Waals surface area (Å²) in [6.07, 6.45) is -0.743. The van der Waals surface area contributed by atoms with E-state index in [4.69, 9.17) is 5.73 Å². The van der Waals surface area contributed by atoms with Crippen molar-refractivity contribution in [3.63, 3.8) is 0 Å². The Morgan fingerprint density at radius 2 is 2.00 bits per heavy atom. The molecule has 0 amide bonds. The average Bonchev–Trinajstić information content (AvgIpc) is 2.54. The van der Waals surface area contributed by atoms with Gasteiger partial charge in [-0.2, -0.15) is 0 Å². The van der Waals surface area contributed by atoms with Crippen LogP contribution in [-0.2, 0) is 9.84 Å². The van der Waals surface area contributed by atoms with Gasteiger partial charge in [0.15, 0.2) is 9.84 Å². The lowest BCUT2D eigenvalue weighted by Crippen LogP contribution is -2.42. The van der Waals surface area contributed by atoms with Crippen molar-refractivity contribution in [1.82, 2.24) is 4.90 Å².